The first-order valence-corrected chi connectivity index (χ1v) is 8.68. The van der Waals surface area contributed by atoms with Crippen molar-refractivity contribution in [3.63, 3.8) is 0 Å². The Hall–Kier alpha value is -0.940. The molecule has 3 atom stereocenters. The fraction of sp³-hybridized carbons (Fsp3) is 0.500. The van der Waals surface area contributed by atoms with Gasteiger partial charge in [0.1, 0.15) is 11.6 Å². The van der Waals surface area contributed by atoms with Crippen molar-refractivity contribution in [1.82, 2.24) is 9.55 Å². The predicted octanol–water partition coefficient (Wildman–Crippen LogP) is 3.80. The Bertz CT molecular complexity index is 641. The van der Waals surface area contributed by atoms with Crippen LogP contribution in [0.15, 0.2) is 18.2 Å². The van der Waals surface area contributed by atoms with E-state index in [1.807, 2.05) is 18.4 Å². The molecule has 0 spiro atoms. The third-order valence-electron chi connectivity index (χ3n) is 3.30. The number of aromatic nitrogens is 2. The summed E-state index contributed by atoms with van der Waals surface area (Å²) in [6, 6.07) is 4.61. The van der Waals surface area contributed by atoms with E-state index >= 15 is 0 Å². The zero-order valence-electron chi connectivity index (χ0n) is 11.8. The maximum atomic E-state index is 13.5. The van der Waals surface area contributed by atoms with Gasteiger partial charge in [-0.15, -0.1) is 11.6 Å². The minimum atomic E-state index is -0.844. The van der Waals surface area contributed by atoms with Crippen molar-refractivity contribution in [3.8, 4) is 0 Å². The van der Waals surface area contributed by atoms with Crippen LogP contribution >= 0.6 is 11.6 Å². The van der Waals surface area contributed by atoms with E-state index in [4.69, 9.17) is 11.6 Å². The van der Waals surface area contributed by atoms with Crippen molar-refractivity contribution in [2.45, 2.75) is 31.7 Å². The maximum absolute atomic E-state index is 13.5. The highest BCUT2D eigenvalue weighted by atomic mass is 35.5. The second kappa shape index (κ2) is 6.22. The summed E-state index contributed by atoms with van der Waals surface area (Å²) >= 11 is 6.19. The third kappa shape index (κ3) is 3.20. The number of hydrogen-bond acceptors (Lipinski definition) is 2. The van der Waals surface area contributed by atoms with Gasteiger partial charge in [0.25, 0.3) is 0 Å². The molecule has 0 aliphatic heterocycles. The molecule has 2 rings (SSSR count). The summed E-state index contributed by atoms with van der Waals surface area (Å²) < 4.78 is 26.7. The lowest BCUT2D eigenvalue weighted by atomic mass is 10.2. The number of benzene rings is 1. The van der Waals surface area contributed by atoms with Gasteiger partial charge in [-0.25, -0.2) is 9.37 Å². The Kier molecular flexibility index (Phi) is 4.81. The van der Waals surface area contributed by atoms with Crippen molar-refractivity contribution in [2.24, 2.45) is 0 Å². The average molecular weight is 317 g/mol. The van der Waals surface area contributed by atoms with Crippen LogP contribution in [0.1, 0.15) is 37.5 Å². The van der Waals surface area contributed by atoms with E-state index < -0.39 is 10.8 Å². The molecule has 0 aliphatic rings. The molecule has 0 saturated heterocycles. The Morgan fingerprint density at radius 2 is 2.15 bits per heavy atom. The van der Waals surface area contributed by atoms with Crippen molar-refractivity contribution in [1.29, 1.82) is 0 Å². The van der Waals surface area contributed by atoms with Gasteiger partial charge in [0, 0.05) is 28.9 Å². The summed E-state index contributed by atoms with van der Waals surface area (Å²) in [6.07, 6.45) is 2.42. The van der Waals surface area contributed by atoms with Crippen LogP contribution in [0.2, 0.25) is 0 Å². The first-order valence-electron chi connectivity index (χ1n) is 6.51. The Morgan fingerprint density at radius 1 is 1.45 bits per heavy atom. The van der Waals surface area contributed by atoms with Crippen LogP contribution in [-0.2, 0) is 10.8 Å². The van der Waals surface area contributed by atoms with Gasteiger partial charge in [0.2, 0.25) is 0 Å². The highest BCUT2D eigenvalue weighted by Gasteiger charge is 2.19. The second-order valence-corrected chi connectivity index (χ2v) is 7.21. The van der Waals surface area contributed by atoms with Crippen molar-refractivity contribution >= 4 is 33.4 Å². The summed E-state index contributed by atoms with van der Waals surface area (Å²) in [5.41, 5.74) is 1.47. The second-order valence-electron chi connectivity index (χ2n) is 5.00. The lowest BCUT2D eigenvalue weighted by molar-refractivity contribution is 0.522. The van der Waals surface area contributed by atoms with Crippen LogP contribution in [0, 0.1) is 5.82 Å². The largest absolute Gasteiger partial charge is 0.324 e. The first-order chi connectivity index (χ1) is 9.40. The average Bonchev–Trinajstić information content (AvgIpc) is 2.74. The monoisotopic (exact) mass is 316 g/mol. The van der Waals surface area contributed by atoms with Crippen molar-refractivity contribution in [2.75, 3.05) is 12.0 Å². The van der Waals surface area contributed by atoms with Gasteiger partial charge >= 0.3 is 0 Å². The van der Waals surface area contributed by atoms with Gasteiger partial charge < -0.3 is 4.57 Å². The van der Waals surface area contributed by atoms with E-state index in [-0.39, 0.29) is 17.2 Å². The topological polar surface area (TPSA) is 34.9 Å². The van der Waals surface area contributed by atoms with E-state index in [2.05, 4.69) is 4.98 Å². The van der Waals surface area contributed by atoms with Gasteiger partial charge in [0.05, 0.1) is 16.4 Å². The number of hydrogen-bond donors (Lipinski definition) is 0. The number of halogens is 2. The summed E-state index contributed by atoms with van der Waals surface area (Å²) in [5.74, 6) is 1.03. The summed E-state index contributed by atoms with van der Waals surface area (Å²) in [6.45, 7) is 3.86. The SMILES string of the molecule is CC(Cl)c1nc2ccc(F)cc2n1C(C)CCS(C)=O. The summed E-state index contributed by atoms with van der Waals surface area (Å²) in [7, 11) is -0.844. The van der Waals surface area contributed by atoms with E-state index in [9.17, 15) is 8.60 Å². The minimum absolute atomic E-state index is 0.0712. The molecular formula is C14H18ClFN2OS. The fourth-order valence-electron chi connectivity index (χ4n) is 2.29. The molecule has 3 nitrogen and oxygen atoms in total. The molecule has 0 radical (unpaired) electrons. The third-order valence-corrected chi connectivity index (χ3v) is 4.30. The lowest BCUT2D eigenvalue weighted by Gasteiger charge is -2.18. The number of nitrogens with zero attached hydrogens (tertiary/aromatic N) is 2. The number of imidazole rings is 1. The molecule has 20 heavy (non-hydrogen) atoms. The maximum Gasteiger partial charge on any atom is 0.127 e. The quantitative estimate of drug-likeness (QED) is 0.786. The standard InChI is InChI=1S/C14H18ClFN2OS/c1-9(6-7-20(3)19)18-13-8-11(16)4-5-12(13)17-14(18)10(2)15/h4-5,8-10H,6-7H2,1-3H3. The zero-order valence-corrected chi connectivity index (χ0v) is 13.3. The molecule has 0 amide bonds. The molecule has 0 aliphatic carbocycles. The normalized spacial score (nSPS) is 16.2. The molecule has 0 fully saturated rings. The molecular weight excluding hydrogens is 299 g/mol. The number of rotatable bonds is 5. The van der Waals surface area contributed by atoms with Crippen LogP contribution in [0.25, 0.3) is 11.0 Å². The van der Waals surface area contributed by atoms with Gasteiger partial charge in [-0.2, -0.15) is 0 Å². The fourth-order valence-corrected chi connectivity index (χ4v) is 3.12. The molecule has 1 aromatic carbocycles. The van der Waals surface area contributed by atoms with Crippen LogP contribution in [0.3, 0.4) is 0 Å². The van der Waals surface area contributed by atoms with Crippen LogP contribution < -0.4 is 0 Å². The highest BCUT2D eigenvalue weighted by Crippen LogP contribution is 2.29. The van der Waals surface area contributed by atoms with E-state index in [1.165, 1.54) is 12.1 Å². The molecule has 0 saturated carbocycles. The van der Waals surface area contributed by atoms with Crippen molar-refractivity contribution < 1.29 is 8.60 Å². The molecule has 110 valence electrons. The summed E-state index contributed by atoms with van der Waals surface area (Å²) in [5, 5.41) is -0.264. The van der Waals surface area contributed by atoms with Gasteiger partial charge in [-0.05, 0) is 38.5 Å². The highest BCUT2D eigenvalue weighted by molar-refractivity contribution is 7.84. The minimum Gasteiger partial charge on any atom is -0.324 e. The molecule has 2 aromatic rings. The summed E-state index contributed by atoms with van der Waals surface area (Å²) in [4.78, 5) is 4.49. The Morgan fingerprint density at radius 3 is 2.75 bits per heavy atom. The van der Waals surface area contributed by atoms with Crippen LogP contribution in [0.4, 0.5) is 4.39 Å². The van der Waals surface area contributed by atoms with Crippen LogP contribution in [0.5, 0.6) is 0 Å². The van der Waals surface area contributed by atoms with E-state index in [0.29, 0.717) is 5.75 Å². The first kappa shape index (κ1) is 15.4. The van der Waals surface area contributed by atoms with Gasteiger partial charge in [-0.3, -0.25) is 4.21 Å². The van der Waals surface area contributed by atoms with Crippen molar-refractivity contribution in [3.05, 3.63) is 29.8 Å². The molecule has 6 heteroatoms. The predicted molar refractivity (Wildman–Crippen MR) is 82.2 cm³/mol. The Labute approximate surface area is 125 Å². The molecule has 3 unspecified atom stereocenters. The van der Waals surface area contributed by atoms with Gasteiger partial charge in [-0.1, -0.05) is 0 Å². The van der Waals surface area contributed by atoms with Gasteiger partial charge in [0.15, 0.2) is 0 Å². The Balaban J connectivity index is 2.49. The smallest absolute Gasteiger partial charge is 0.127 e. The molecule has 1 aromatic heterocycles. The lowest BCUT2D eigenvalue weighted by Crippen LogP contribution is -2.12. The number of alkyl halides is 1. The molecule has 0 bridgehead atoms. The van der Waals surface area contributed by atoms with E-state index in [0.717, 1.165) is 23.3 Å². The van der Waals surface area contributed by atoms with Crippen LogP contribution in [-0.4, -0.2) is 25.8 Å². The zero-order chi connectivity index (χ0) is 14.9. The molecule has 1 heterocycles. The molecule has 0 N–H and O–H groups in total. The van der Waals surface area contributed by atoms with E-state index in [1.54, 1.807) is 12.3 Å². The number of fused-ring (bicyclic) bond motifs is 1.